The third-order valence-electron chi connectivity index (χ3n) is 11.2. The fourth-order valence-electron chi connectivity index (χ4n) is 9.18. The van der Waals surface area contributed by atoms with Gasteiger partial charge in [0.05, 0.1) is 0 Å². The van der Waals surface area contributed by atoms with Gasteiger partial charge in [-0.2, -0.15) is 0 Å². The summed E-state index contributed by atoms with van der Waals surface area (Å²) < 4.78 is 0. The van der Waals surface area contributed by atoms with E-state index >= 15 is 0 Å². The molecule has 3 heteroatoms. The Balaban J connectivity index is 1.30. The van der Waals surface area contributed by atoms with Crippen LogP contribution in [0.25, 0.3) is 33.4 Å². The molecule has 0 fully saturated rings. The summed E-state index contributed by atoms with van der Waals surface area (Å²) in [5.41, 5.74) is 21.4. The molecule has 10 rings (SSSR count). The highest BCUT2D eigenvalue weighted by Gasteiger charge is 2.45. The van der Waals surface area contributed by atoms with Gasteiger partial charge in [0, 0.05) is 35.8 Å². The van der Waals surface area contributed by atoms with Gasteiger partial charge in [-0.1, -0.05) is 115 Å². The standard InChI is InChI=1S/C44H37BN2/c1-4-14-30(15-5-1)33-28-40-42-41(29-33)47-27-13-11-21-37-35(32-18-8-3-9-19-32)23-25-39(44(37)47)45(42)38-24-22-34(31-16-6-2-7-17-31)36-20-10-12-26-46(40)43(36)38/h1-9,14-19,22-25,28-29H,10-13,20-21,26-27H2. The summed E-state index contributed by atoms with van der Waals surface area (Å²) in [5.74, 6) is 0. The zero-order valence-electron chi connectivity index (χ0n) is 26.8. The molecule has 0 bridgehead atoms. The number of anilines is 4. The van der Waals surface area contributed by atoms with Gasteiger partial charge in [-0.3, -0.25) is 0 Å². The Hall–Kier alpha value is -5.02. The van der Waals surface area contributed by atoms with Crippen molar-refractivity contribution in [3.05, 3.63) is 139 Å². The van der Waals surface area contributed by atoms with Crippen LogP contribution < -0.4 is 26.2 Å². The van der Waals surface area contributed by atoms with Crippen LogP contribution in [0.5, 0.6) is 0 Å². The quantitative estimate of drug-likeness (QED) is 0.186. The predicted molar refractivity (Wildman–Crippen MR) is 200 cm³/mol. The van der Waals surface area contributed by atoms with E-state index < -0.39 is 0 Å². The number of hydrogen-bond acceptors (Lipinski definition) is 2. The molecule has 0 N–H and O–H groups in total. The first-order valence-corrected chi connectivity index (χ1v) is 17.6. The van der Waals surface area contributed by atoms with E-state index in [1.165, 1.54) is 109 Å². The molecule has 4 aliphatic rings. The Morgan fingerprint density at radius 2 is 0.872 bits per heavy atom. The summed E-state index contributed by atoms with van der Waals surface area (Å²) in [6, 6.07) is 48.1. The first-order valence-electron chi connectivity index (χ1n) is 17.6. The minimum atomic E-state index is 0.214. The lowest BCUT2D eigenvalue weighted by Crippen LogP contribution is -2.62. The van der Waals surface area contributed by atoms with Crippen molar-refractivity contribution >= 4 is 45.9 Å². The van der Waals surface area contributed by atoms with Crippen molar-refractivity contribution in [3.63, 3.8) is 0 Å². The molecule has 2 nitrogen and oxygen atoms in total. The van der Waals surface area contributed by atoms with E-state index in [4.69, 9.17) is 0 Å². The van der Waals surface area contributed by atoms with Gasteiger partial charge >= 0.3 is 0 Å². The highest BCUT2D eigenvalue weighted by atomic mass is 15.2. The second kappa shape index (κ2) is 10.8. The van der Waals surface area contributed by atoms with Crippen LogP contribution in [-0.4, -0.2) is 19.8 Å². The number of benzene rings is 6. The van der Waals surface area contributed by atoms with Crippen LogP contribution in [0.15, 0.2) is 127 Å². The van der Waals surface area contributed by atoms with Crippen molar-refractivity contribution in [3.8, 4) is 33.4 Å². The minimum absolute atomic E-state index is 0.214. The highest BCUT2D eigenvalue weighted by Crippen LogP contribution is 2.47. The van der Waals surface area contributed by atoms with Crippen LogP contribution in [0.3, 0.4) is 0 Å². The molecule has 226 valence electrons. The lowest BCUT2D eigenvalue weighted by atomic mass is 9.33. The molecule has 6 aromatic rings. The molecular formula is C44H37BN2. The Bertz CT molecular complexity index is 2020. The molecule has 0 aliphatic carbocycles. The first kappa shape index (κ1) is 27.1. The van der Waals surface area contributed by atoms with Crippen molar-refractivity contribution < 1.29 is 0 Å². The lowest BCUT2D eigenvalue weighted by molar-refractivity contribution is 0.759. The van der Waals surface area contributed by atoms with Gasteiger partial charge in [0.2, 0.25) is 0 Å². The van der Waals surface area contributed by atoms with E-state index in [-0.39, 0.29) is 6.71 Å². The van der Waals surface area contributed by atoms with E-state index in [1.54, 1.807) is 0 Å². The Morgan fingerprint density at radius 1 is 0.426 bits per heavy atom. The summed E-state index contributed by atoms with van der Waals surface area (Å²) in [4.78, 5) is 5.46. The maximum atomic E-state index is 2.73. The van der Waals surface area contributed by atoms with E-state index in [0.717, 1.165) is 25.9 Å². The van der Waals surface area contributed by atoms with Crippen LogP contribution in [0.1, 0.15) is 36.8 Å². The van der Waals surface area contributed by atoms with Gasteiger partial charge in [-0.25, -0.2) is 0 Å². The van der Waals surface area contributed by atoms with Crippen LogP contribution >= 0.6 is 0 Å². The molecule has 0 spiro atoms. The molecule has 0 radical (unpaired) electrons. The topological polar surface area (TPSA) is 6.48 Å². The summed E-state index contributed by atoms with van der Waals surface area (Å²) in [6.45, 7) is 2.33. The summed E-state index contributed by atoms with van der Waals surface area (Å²) in [7, 11) is 0. The highest BCUT2D eigenvalue weighted by molar-refractivity contribution is 7.00. The van der Waals surface area contributed by atoms with E-state index in [9.17, 15) is 0 Å². The van der Waals surface area contributed by atoms with Crippen molar-refractivity contribution in [2.75, 3.05) is 22.9 Å². The number of hydrogen-bond donors (Lipinski definition) is 0. The molecule has 4 aliphatic heterocycles. The normalized spacial score (nSPS) is 15.7. The molecule has 0 amide bonds. The second-order valence-corrected chi connectivity index (χ2v) is 13.7. The molecule has 0 saturated heterocycles. The van der Waals surface area contributed by atoms with Gasteiger partial charge < -0.3 is 9.80 Å². The van der Waals surface area contributed by atoms with Gasteiger partial charge in [-0.05, 0) is 112 Å². The van der Waals surface area contributed by atoms with Gasteiger partial charge in [0.25, 0.3) is 6.71 Å². The lowest BCUT2D eigenvalue weighted by Gasteiger charge is -2.45. The molecule has 0 aromatic heterocycles. The van der Waals surface area contributed by atoms with Crippen molar-refractivity contribution in [2.45, 2.75) is 38.5 Å². The molecule has 4 heterocycles. The third-order valence-corrected chi connectivity index (χ3v) is 11.2. The van der Waals surface area contributed by atoms with Crippen LogP contribution in [0.2, 0.25) is 0 Å². The van der Waals surface area contributed by atoms with Crippen LogP contribution in [0, 0.1) is 0 Å². The SMILES string of the molecule is c1ccc(-c2cc3c4c(c2)N2CCCCc5c(-c6ccccc6)ccc(c52)B4c2ccc(-c4ccccc4)c4c2N3CCCC4)cc1. The van der Waals surface area contributed by atoms with Gasteiger partial charge in [0.15, 0.2) is 0 Å². The Morgan fingerprint density at radius 3 is 1.34 bits per heavy atom. The molecule has 6 aromatic carbocycles. The maximum Gasteiger partial charge on any atom is 0.252 e. The number of nitrogens with zero attached hydrogens (tertiary/aromatic N) is 2. The van der Waals surface area contributed by atoms with Crippen molar-refractivity contribution in [2.24, 2.45) is 0 Å². The Labute approximate surface area is 278 Å². The zero-order valence-corrected chi connectivity index (χ0v) is 26.8. The number of rotatable bonds is 3. The largest absolute Gasteiger partial charge is 0.342 e. The molecule has 0 atom stereocenters. The minimum Gasteiger partial charge on any atom is -0.342 e. The van der Waals surface area contributed by atoms with Gasteiger partial charge in [0.1, 0.15) is 0 Å². The fraction of sp³-hybridized carbons (Fsp3) is 0.182. The molecule has 0 unspecified atom stereocenters. The summed E-state index contributed by atoms with van der Waals surface area (Å²) in [5, 5.41) is 0. The fourth-order valence-corrected chi connectivity index (χ4v) is 9.18. The maximum absolute atomic E-state index is 2.73. The van der Waals surface area contributed by atoms with E-state index in [2.05, 4.69) is 137 Å². The summed E-state index contributed by atoms with van der Waals surface area (Å²) in [6.07, 6.45) is 7.06. The Kier molecular flexibility index (Phi) is 6.22. The summed E-state index contributed by atoms with van der Waals surface area (Å²) >= 11 is 0. The molecule has 0 saturated carbocycles. The van der Waals surface area contributed by atoms with Crippen LogP contribution in [-0.2, 0) is 12.8 Å². The smallest absolute Gasteiger partial charge is 0.252 e. The second-order valence-electron chi connectivity index (χ2n) is 13.7. The zero-order chi connectivity index (χ0) is 30.9. The van der Waals surface area contributed by atoms with Gasteiger partial charge in [-0.15, -0.1) is 0 Å². The number of fused-ring (bicyclic) bond motifs is 4. The third kappa shape index (κ3) is 4.12. The average Bonchev–Trinajstić information content (AvgIpc) is 3.51. The van der Waals surface area contributed by atoms with Crippen LogP contribution in [0.4, 0.5) is 22.7 Å². The molecular weight excluding hydrogens is 567 g/mol. The average molecular weight is 605 g/mol. The van der Waals surface area contributed by atoms with Crippen molar-refractivity contribution in [1.82, 2.24) is 0 Å². The van der Waals surface area contributed by atoms with E-state index in [1.807, 2.05) is 0 Å². The monoisotopic (exact) mass is 604 g/mol. The predicted octanol–water partition coefficient (Wildman–Crippen LogP) is 8.78. The van der Waals surface area contributed by atoms with E-state index in [0.29, 0.717) is 0 Å². The van der Waals surface area contributed by atoms with Crippen molar-refractivity contribution in [1.29, 1.82) is 0 Å². The first-order chi connectivity index (χ1) is 23.3. The molecule has 47 heavy (non-hydrogen) atoms.